The second-order valence-corrected chi connectivity index (χ2v) is 6.75. The summed E-state index contributed by atoms with van der Waals surface area (Å²) >= 11 is 0. The third-order valence-electron chi connectivity index (χ3n) is 4.78. The van der Waals surface area contributed by atoms with Gasteiger partial charge in [0, 0.05) is 22.7 Å². The number of nitrogens with zero attached hydrogens (tertiary/aromatic N) is 3. The van der Waals surface area contributed by atoms with Crippen LogP contribution in [0, 0.1) is 18.3 Å². The van der Waals surface area contributed by atoms with Crippen LogP contribution in [0.3, 0.4) is 0 Å². The van der Waals surface area contributed by atoms with Crippen molar-refractivity contribution in [2.24, 2.45) is 0 Å². The lowest BCUT2D eigenvalue weighted by atomic mass is 10.1. The summed E-state index contributed by atoms with van der Waals surface area (Å²) in [6.07, 6.45) is 3.49. The minimum absolute atomic E-state index is 0.212. The Morgan fingerprint density at radius 3 is 2.61 bits per heavy atom. The van der Waals surface area contributed by atoms with Gasteiger partial charge >= 0.3 is 6.03 Å². The van der Waals surface area contributed by atoms with Gasteiger partial charge in [0.25, 0.3) is 5.91 Å². The van der Waals surface area contributed by atoms with Crippen molar-refractivity contribution < 1.29 is 9.59 Å². The van der Waals surface area contributed by atoms with Crippen molar-refractivity contribution in [3.8, 4) is 6.07 Å². The molecular weight excluding hydrogens is 352 g/mol. The van der Waals surface area contributed by atoms with Crippen LogP contribution < -0.4 is 5.32 Å². The molecule has 0 aliphatic carbocycles. The molecule has 0 atom stereocenters. The van der Waals surface area contributed by atoms with E-state index in [1.54, 1.807) is 6.08 Å². The molecule has 1 aromatic heterocycles. The molecule has 1 aliphatic heterocycles. The number of benzene rings is 2. The second kappa shape index (κ2) is 7.05. The van der Waals surface area contributed by atoms with Crippen molar-refractivity contribution in [3.63, 3.8) is 0 Å². The van der Waals surface area contributed by atoms with Crippen LogP contribution in [0.15, 0.2) is 60.4 Å². The third kappa shape index (κ3) is 3.14. The van der Waals surface area contributed by atoms with Gasteiger partial charge in [-0.25, -0.2) is 4.79 Å². The molecule has 3 aromatic rings. The van der Waals surface area contributed by atoms with E-state index in [-0.39, 0.29) is 24.7 Å². The lowest BCUT2D eigenvalue weighted by Crippen LogP contribution is -2.30. The molecule has 1 saturated heterocycles. The first-order valence-electron chi connectivity index (χ1n) is 8.92. The summed E-state index contributed by atoms with van der Waals surface area (Å²) in [5, 5.41) is 12.6. The summed E-state index contributed by atoms with van der Waals surface area (Å²) in [5.41, 5.74) is 3.93. The van der Waals surface area contributed by atoms with Gasteiger partial charge in [-0.05, 0) is 24.6 Å². The summed E-state index contributed by atoms with van der Waals surface area (Å²) in [6, 6.07) is 17.1. The van der Waals surface area contributed by atoms with Crippen LogP contribution in [0.4, 0.5) is 4.79 Å². The van der Waals surface area contributed by atoms with Crippen LogP contribution >= 0.6 is 0 Å². The fourth-order valence-electron chi connectivity index (χ4n) is 3.34. The number of hydrogen-bond donors (Lipinski definition) is 1. The van der Waals surface area contributed by atoms with Gasteiger partial charge in [-0.2, -0.15) is 5.26 Å². The molecule has 2 aromatic carbocycles. The highest BCUT2D eigenvalue weighted by Crippen LogP contribution is 2.25. The van der Waals surface area contributed by atoms with Crippen molar-refractivity contribution in [2.75, 3.05) is 0 Å². The predicted octanol–water partition coefficient (Wildman–Crippen LogP) is 3.57. The zero-order chi connectivity index (χ0) is 19.7. The van der Waals surface area contributed by atoms with E-state index in [0.29, 0.717) is 0 Å². The molecule has 1 N–H and O–H groups in total. The highest BCUT2D eigenvalue weighted by molar-refractivity contribution is 6.14. The van der Waals surface area contributed by atoms with Crippen LogP contribution in [0.1, 0.15) is 16.7 Å². The summed E-state index contributed by atoms with van der Waals surface area (Å²) < 4.78 is 1.83. The number of rotatable bonds is 4. The number of amides is 3. The molecule has 1 fully saturated rings. The van der Waals surface area contributed by atoms with E-state index < -0.39 is 6.03 Å². The minimum atomic E-state index is -0.433. The maximum absolute atomic E-state index is 12.8. The molecule has 0 saturated carbocycles. The molecule has 6 heteroatoms. The largest absolute Gasteiger partial charge is 0.333 e. The van der Waals surface area contributed by atoms with Crippen LogP contribution in [0.5, 0.6) is 0 Å². The second-order valence-electron chi connectivity index (χ2n) is 6.75. The van der Waals surface area contributed by atoms with E-state index in [2.05, 4.69) is 11.4 Å². The number of para-hydroxylation sites is 1. The number of carbonyl (C=O) groups is 2. The lowest BCUT2D eigenvalue weighted by Gasteiger charge is -2.11. The quantitative estimate of drug-likeness (QED) is 0.563. The van der Waals surface area contributed by atoms with Crippen LogP contribution in [-0.4, -0.2) is 21.4 Å². The van der Waals surface area contributed by atoms with Gasteiger partial charge in [0.15, 0.2) is 0 Å². The van der Waals surface area contributed by atoms with Gasteiger partial charge in [0.05, 0.1) is 12.6 Å². The number of nitriles is 1. The maximum atomic E-state index is 12.8. The van der Waals surface area contributed by atoms with Crippen LogP contribution in [-0.2, 0) is 17.9 Å². The summed E-state index contributed by atoms with van der Waals surface area (Å²) in [7, 11) is 0. The molecule has 28 heavy (non-hydrogen) atoms. The normalized spacial score (nSPS) is 15.3. The summed E-state index contributed by atoms with van der Waals surface area (Å²) in [6.45, 7) is 2.42. The highest BCUT2D eigenvalue weighted by atomic mass is 16.2. The standard InChI is InChI=1S/C22H18N4O2/c1-15-6-8-16(9-7-15)13-26-21(27)19(24-22(26)28)12-17-14-25(11-10-23)20-5-3-2-4-18(17)20/h2-9,12,14H,11,13H2,1H3,(H,24,28)/b19-12+. The van der Waals surface area contributed by atoms with Gasteiger partial charge in [-0.3, -0.25) is 9.69 Å². The monoisotopic (exact) mass is 370 g/mol. The van der Waals surface area contributed by atoms with Crippen LogP contribution in [0.25, 0.3) is 17.0 Å². The first-order valence-corrected chi connectivity index (χ1v) is 8.92. The Morgan fingerprint density at radius 1 is 1.11 bits per heavy atom. The fourth-order valence-corrected chi connectivity index (χ4v) is 3.34. The number of imide groups is 1. The van der Waals surface area contributed by atoms with Gasteiger partial charge in [0.1, 0.15) is 12.2 Å². The Bertz CT molecular complexity index is 1150. The Kier molecular flexibility index (Phi) is 4.42. The van der Waals surface area contributed by atoms with Gasteiger partial charge < -0.3 is 9.88 Å². The van der Waals surface area contributed by atoms with Crippen LogP contribution in [0.2, 0.25) is 0 Å². The number of hydrogen-bond acceptors (Lipinski definition) is 3. The van der Waals surface area contributed by atoms with E-state index in [9.17, 15) is 9.59 Å². The SMILES string of the molecule is Cc1ccc(CN2C(=O)N/C(=C/c3cn(CC#N)c4ccccc34)C2=O)cc1. The van der Waals surface area contributed by atoms with E-state index in [1.165, 1.54) is 4.90 Å². The molecule has 138 valence electrons. The van der Waals surface area contributed by atoms with Crippen molar-refractivity contribution in [1.82, 2.24) is 14.8 Å². The average Bonchev–Trinajstić information content (AvgIpc) is 3.17. The highest BCUT2D eigenvalue weighted by Gasteiger charge is 2.33. The Labute approximate surface area is 162 Å². The summed E-state index contributed by atoms with van der Waals surface area (Å²) in [4.78, 5) is 26.3. The molecule has 1 aliphatic rings. The Balaban J connectivity index is 1.65. The van der Waals surface area contributed by atoms with Crippen molar-refractivity contribution >= 4 is 28.9 Å². The smallest absolute Gasteiger partial charge is 0.329 e. The predicted molar refractivity (Wildman–Crippen MR) is 106 cm³/mol. The topological polar surface area (TPSA) is 78.1 Å². The number of nitrogens with one attached hydrogen (secondary N) is 1. The maximum Gasteiger partial charge on any atom is 0.329 e. The first kappa shape index (κ1) is 17.6. The van der Waals surface area contributed by atoms with E-state index in [0.717, 1.165) is 27.6 Å². The minimum Gasteiger partial charge on any atom is -0.333 e. The molecule has 0 bridgehead atoms. The molecule has 0 radical (unpaired) electrons. The zero-order valence-corrected chi connectivity index (χ0v) is 15.3. The molecule has 4 rings (SSSR count). The van der Waals surface area contributed by atoms with Gasteiger partial charge in [-0.15, -0.1) is 0 Å². The lowest BCUT2D eigenvalue weighted by molar-refractivity contribution is -0.123. The van der Waals surface area contributed by atoms with Crippen molar-refractivity contribution in [2.45, 2.75) is 20.0 Å². The van der Waals surface area contributed by atoms with Crippen molar-refractivity contribution in [1.29, 1.82) is 5.26 Å². The fraction of sp³-hybridized carbons (Fsp3) is 0.136. The molecule has 6 nitrogen and oxygen atoms in total. The van der Waals surface area contributed by atoms with Crippen molar-refractivity contribution in [3.05, 3.63) is 77.1 Å². The number of aryl methyl sites for hydroxylation is 1. The molecular formula is C22H18N4O2. The zero-order valence-electron chi connectivity index (χ0n) is 15.3. The van der Waals surface area contributed by atoms with Gasteiger partial charge in [0.2, 0.25) is 0 Å². The number of urea groups is 1. The molecule has 3 amide bonds. The first-order chi connectivity index (χ1) is 13.6. The molecule has 2 heterocycles. The summed E-state index contributed by atoms with van der Waals surface area (Å²) in [5.74, 6) is -0.359. The Morgan fingerprint density at radius 2 is 1.86 bits per heavy atom. The average molecular weight is 370 g/mol. The third-order valence-corrected chi connectivity index (χ3v) is 4.78. The van der Waals surface area contributed by atoms with E-state index in [4.69, 9.17) is 5.26 Å². The number of fused-ring (bicyclic) bond motifs is 1. The number of aromatic nitrogens is 1. The molecule has 0 unspecified atom stereocenters. The Hall–Kier alpha value is -3.85. The van der Waals surface area contributed by atoms with E-state index in [1.807, 2.05) is 66.2 Å². The van der Waals surface area contributed by atoms with E-state index >= 15 is 0 Å². The number of carbonyl (C=O) groups excluding carboxylic acids is 2. The molecule has 0 spiro atoms. The van der Waals surface area contributed by atoms with Gasteiger partial charge in [-0.1, -0.05) is 48.0 Å².